The van der Waals surface area contributed by atoms with E-state index in [9.17, 15) is 23.1 Å². The van der Waals surface area contributed by atoms with E-state index < -0.39 is 17.6 Å². The first-order valence-electron chi connectivity index (χ1n) is 7.87. The number of aromatic hydroxyl groups is 1. The lowest BCUT2D eigenvalue weighted by atomic mass is 10.1. The predicted octanol–water partition coefficient (Wildman–Crippen LogP) is 2.21. The Balaban J connectivity index is 1.61. The summed E-state index contributed by atoms with van der Waals surface area (Å²) in [5, 5.41) is 24.2. The molecule has 0 saturated heterocycles. The molecule has 1 heterocycles. The lowest BCUT2D eigenvalue weighted by Gasteiger charge is -2.06. The highest BCUT2D eigenvalue weighted by Crippen LogP contribution is 2.31. The van der Waals surface area contributed by atoms with Gasteiger partial charge in [0.05, 0.1) is 11.8 Å². The Hall–Kier alpha value is -3.76. The minimum absolute atomic E-state index is 0.0357. The summed E-state index contributed by atoms with van der Waals surface area (Å²) in [5.41, 5.74) is 2.22. The van der Waals surface area contributed by atoms with Gasteiger partial charge in [0.25, 0.3) is 5.91 Å². The van der Waals surface area contributed by atoms with Crippen molar-refractivity contribution in [2.45, 2.75) is 12.7 Å². The monoisotopic (exact) mass is 390 g/mol. The molecule has 0 bridgehead atoms. The number of hydrazone groups is 1. The van der Waals surface area contributed by atoms with E-state index in [-0.39, 0.29) is 23.7 Å². The molecule has 2 N–H and O–H groups in total. The van der Waals surface area contributed by atoms with Crippen LogP contribution in [0.4, 0.5) is 13.2 Å². The molecule has 2 aromatic carbocycles. The number of benzene rings is 2. The second-order valence-corrected chi connectivity index (χ2v) is 5.61. The number of aromatic nitrogens is 4. The Labute approximate surface area is 156 Å². The highest BCUT2D eigenvalue weighted by Gasteiger charge is 2.30. The van der Waals surface area contributed by atoms with Gasteiger partial charge in [-0.1, -0.05) is 12.1 Å². The maximum absolute atomic E-state index is 12.8. The van der Waals surface area contributed by atoms with Crippen molar-refractivity contribution in [2.24, 2.45) is 5.10 Å². The van der Waals surface area contributed by atoms with Crippen LogP contribution in [0.15, 0.2) is 53.6 Å². The topological polar surface area (TPSA) is 105 Å². The lowest BCUT2D eigenvalue weighted by molar-refractivity contribution is -0.137. The number of tetrazole rings is 1. The number of hydrogen-bond acceptors (Lipinski definition) is 6. The van der Waals surface area contributed by atoms with Crippen LogP contribution < -0.4 is 5.43 Å². The molecule has 11 heteroatoms. The Kier molecular flexibility index (Phi) is 5.34. The van der Waals surface area contributed by atoms with Crippen LogP contribution in [0.3, 0.4) is 0 Å². The number of hydrogen-bond donors (Lipinski definition) is 2. The van der Waals surface area contributed by atoms with Crippen molar-refractivity contribution in [1.82, 2.24) is 25.6 Å². The average molecular weight is 390 g/mol. The van der Waals surface area contributed by atoms with Gasteiger partial charge in [-0.15, -0.1) is 10.2 Å². The van der Waals surface area contributed by atoms with Gasteiger partial charge in [-0.3, -0.25) is 4.79 Å². The highest BCUT2D eigenvalue weighted by atomic mass is 19.4. The van der Waals surface area contributed by atoms with Crippen molar-refractivity contribution in [1.29, 1.82) is 0 Å². The van der Waals surface area contributed by atoms with E-state index in [4.69, 9.17) is 0 Å². The van der Waals surface area contributed by atoms with Crippen molar-refractivity contribution in [3.05, 3.63) is 59.7 Å². The lowest BCUT2D eigenvalue weighted by Crippen LogP contribution is -2.24. The van der Waals surface area contributed by atoms with Crippen molar-refractivity contribution in [3.63, 3.8) is 0 Å². The van der Waals surface area contributed by atoms with Crippen LogP contribution in [0.5, 0.6) is 5.75 Å². The summed E-state index contributed by atoms with van der Waals surface area (Å²) >= 11 is 0. The number of nitrogens with one attached hydrogen (secondary N) is 1. The number of phenols is 1. The molecule has 0 aliphatic rings. The minimum atomic E-state index is -4.48. The zero-order chi connectivity index (χ0) is 20.1. The van der Waals surface area contributed by atoms with Crippen LogP contribution >= 0.6 is 0 Å². The third-order valence-electron chi connectivity index (χ3n) is 3.48. The number of amides is 1. The molecule has 3 aromatic rings. The van der Waals surface area contributed by atoms with Gasteiger partial charge < -0.3 is 5.11 Å². The second kappa shape index (κ2) is 7.86. The summed E-state index contributed by atoms with van der Waals surface area (Å²) in [7, 11) is 0. The fourth-order valence-electron chi connectivity index (χ4n) is 2.16. The van der Waals surface area contributed by atoms with Crippen LogP contribution in [0.1, 0.15) is 11.1 Å². The van der Waals surface area contributed by atoms with Crippen LogP contribution in [0.2, 0.25) is 0 Å². The number of carbonyl (C=O) groups excluding carboxylic acids is 1. The predicted molar refractivity (Wildman–Crippen MR) is 92.1 cm³/mol. The van der Waals surface area contributed by atoms with Crippen molar-refractivity contribution in [2.75, 3.05) is 0 Å². The highest BCUT2D eigenvalue weighted by molar-refractivity contribution is 5.82. The molecule has 0 saturated carbocycles. The van der Waals surface area contributed by atoms with E-state index in [1.54, 1.807) is 12.1 Å². The Morgan fingerprint density at radius 2 is 1.96 bits per heavy atom. The normalized spacial score (nSPS) is 11.7. The largest absolute Gasteiger partial charge is 0.508 e. The van der Waals surface area contributed by atoms with Crippen molar-refractivity contribution in [3.8, 4) is 17.1 Å². The van der Waals surface area contributed by atoms with E-state index in [0.717, 1.165) is 16.9 Å². The molecule has 3 rings (SSSR count). The molecule has 0 aliphatic carbocycles. The molecule has 0 aliphatic heterocycles. The molecule has 1 amide bonds. The third-order valence-corrected chi connectivity index (χ3v) is 3.48. The smallest absolute Gasteiger partial charge is 0.416 e. The Morgan fingerprint density at radius 3 is 2.68 bits per heavy atom. The number of nitrogens with zero attached hydrogens (tertiary/aromatic N) is 5. The van der Waals surface area contributed by atoms with E-state index in [1.807, 2.05) is 0 Å². The fourth-order valence-corrected chi connectivity index (χ4v) is 2.16. The van der Waals surface area contributed by atoms with Crippen LogP contribution in [-0.4, -0.2) is 37.4 Å². The molecule has 0 unspecified atom stereocenters. The molecule has 0 atom stereocenters. The quantitative estimate of drug-likeness (QED) is 0.513. The number of rotatable bonds is 5. The van der Waals surface area contributed by atoms with Gasteiger partial charge in [0.1, 0.15) is 12.3 Å². The van der Waals surface area contributed by atoms with Gasteiger partial charge in [0, 0.05) is 5.56 Å². The van der Waals surface area contributed by atoms with Crippen LogP contribution in [-0.2, 0) is 17.5 Å². The molecule has 0 fully saturated rings. The van der Waals surface area contributed by atoms with E-state index in [2.05, 4.69) is 25.9 Å². The second-order valence-electron chi connectivity index (χ2n) is 5.61. The molecule has 144 valence electrons. The van der Waals surface area contributed by atoms with Crippen LogP contribution in [0, 0.1) is 0 Å². The van der Waals surface area contributed by atoms with Crippen molar-refractivity contribution >= 4 is 12.1 Å². The summed E-state index contributed by atoms with van der Waals surface area (Å²) in [6.07, 6.45) is -3.11. The van der Waals surface area contributed by atoms with E-state index in [1.165, 1.54) is 30.5 Å². The standard InChI is InChI=1S/C17H13F3N6O2/c18-17(19,20)13-3-1-2-12(8-13)16-23-25-26(24-16)10-15(28)22-21-9-11-4-6-14(27)7-5-11/h1-9,27H,10H2,(H,22,28)/b21-9+. The first-order chi connectivity index (χ1) is 13.3. The summed E-state index contributed by atoms with van der Waals surface area (Å²) < 4.78 is 38.3. The van der Waals surface area contributed by atoms with E-state index >= 15 is 0 Å². The molecule has 0 radical (unpaired) electrons. The van der Waals surface area contributed by atoms with Gasteiger partial charge in [-0.05, 0) is 47.2 Å². The van der Waals surface area contributed by atoms with Gasteiger partial charge in [0.2, 0.25) is 5.82 Å². The summed E-state index contributed by atoms with van der Waals surface area (Å²) in [5.74, 6) is -0.482. The SMILES string of the molecule is O=C(Cn1nnc(-c2cccc(C(F)(F)F)c2)n1)N/N=C/c1ccc(O)cc1. The minimum Gasteiger partial charge on any atom is -0.508 e. The fraction of sp³-hybridized carbons (Fsp3) is 0.118. The Bertz CT molecular complexity index is 999. The zero-order valence-corrected chi connectivity index (χ0v) is 14.1. The van der Waals surface area contributed by atoms with E-state index in [0.29, 0.717) is 5.56 Å². The number of phenolic OH excluding ortho intramolecular Hbond substituents is 1. The number of carbonyl (C=O) groups is 1. The molecule has 8 nitrogen and oxygen atoms in total. The maximum atomic E-state index is 12.8. The van der Waals surface area contributed by atoms with Gasteiger partial charge in [-0.2, -0.15) is 23.1 Å². The number of halogens is 3. The molecular formula is C17H13F3N6O2. The van der Waals surface area contributed by atoms with Crippen molar-refractivity contribution < 1.29 is 23.1 Å². The number of alkyl halides is 3. The molecule has 28 heavy (non-hydrogen) atoms. The summed E-state index contributed by atoms with van der Waals surface area (Å²) in [6, 6.07) is 10.6. The zero-order valence-electron chi connectivity index (χ0n) is 14.1. The van der Waals surface area contributed by atoms with Gasteiger partial charge in [0.15, 0.2) is 0 Å². The van der Waals surface area contributed by atoms with Crippen LogP contribution in [0.25, 0.3) is 11.4 Å². The first-order valence-corrected chi connectivity index (χ1v) is 7.87. The molecule has 1 aromatic heterocycles. The molecule has 0 spiro atoms. The first kappa shape index (κ1) is 19.0. The third kappa shape index (κ3) is 4.90. The summed E-state index contributed by atoms with van der Waals surface area (Å²) in [6.45, 7) is -0.321. The van der Waals surface area contributed by atoms with Gasteiger partial charge >= 0.3 is 6.18 Å². The maximum Gasteiger partial charge on any atom is 0.416 e. The average Bonchev–Trinajstić information content (AvgIpc) is 3.11. The molecular weight excluding hydrogens is 377 g/mol. The Morgan fingerprint density at radius 1 is 1.21 bits per heavy atom. The van der Waals surface area contributed by atoms with Gasteiger partial charge in [-0.25, -0.2) is 5.43 Å². The summed E-state index contributed by atoms with van der Waals surface area (Å²) in [4.78, 5) is 12.8.